The third-order valence-electron chi connectivity index (χ3n) is 6.85. The van der Waals surface area contributed by atoms with Crippen molar-refractivity contribution in [2.24, 2.45) is 7.05 Å². The highest BCUT2D eigenvalue weighted by atomic mass is 16.3. The molecule has 2 amide bonds. The van der Waals surface area contributed by atoms with Crippen molar-refractivity contribution in [1.29, 1.82) is 0 Å². The fourth-order valence-corrected chi connectivity index (χ4v) is 4.45. The van der Waals surface area contributed by atoms with E-state index in [2.05, 4.69) is 15.7 Å². The Morgan fingerprint density at radius 2 is 1.89 bits per heavy atom. The van der Waals surface area contributed by atoms with Crippen molar-refractivity contribution in [3.05, 3.63) is 89.4 Å². The molecular weight excluding hydrogens is 454 g/mol. The van der Waals surface area contributed by atoms with E-state index in [1.54, 1.807) is 42.1 Å². The molecule has 2 aromatic heterocycles. The van der Waals surface area contributed by atoms with Gasteiger partial charge in [0.1, 0.15) is 11.4 Å². The molecule has 184 valence electrons. The van der Waals surface area contributed by atoms with Crippen LogP contribution in [0.3, 0.4) is 0 Å². The highest BCUT2D eigenvalue weighted by Crippen LogP contribution is 2.39. The number of aromatic nitrogens is 3. The van der Waals surface area contributed by atoms with Crippen LogP contribution in [0.1, 0.15) is 52.5 Å². The van der Waals surface area contributed by atoms with Gasteiger partial charge in [0.2, 0.25) is 0 Å². The first-order valence-electron chi connectivity index (χ1n) is 12.1. The molecule has 8 nitrogen and oxygen atoms in total. The number of aryl methyl sites for hydroxylation is 2. The summed E-state index contributed by atoms with van der Waals surface area (Å²) in [5.41, 5.74) is 4.96. The second-order valence-corrected chi connectivity index (χ2v) is 9.27. The summed E-state index contributed by atoms with van der Waals surface area (Å²) in [5, 5.41) is 21.1. The summed E-state index contributed by atoms with van der Waals surface area (Å²) in [6, 6.07) is 17.9. The lowest BCUT2D eigenvalue weighted by Crippen LogP contribution is -2.31. The summed E-state index contributed by atoms with van der Waals surface area (Å²) in [7, 11) is 1.80. The molecule has 1 saturated carbocycles. The first kappa shape index (κ1) is 23.4. The van der Waals surface area contributed by atoms with Gasteiger partial charge in [-0.25, -0.2) is 4.79 Å². The van der Waals surface area contributed by atoms with Crippen molar-refractivity contribution < 1.29 is 14.7 Å². The van der Waals surface area contributed by atoms with Crippen LogP contribution in [-0.2, 0) is 13.6 Å². The molecule has 36 heavy (non-hydrogen) atoms. The number of rotatable bonds is 6. The van der Waals surface area contributed by atoms with Crippen LogP contribution in [0.5, 0.6) is 5.75 Å². The highest BCUT2D eigenvalue weighted by Gasteiger charge is 2.27. The minimum absolute atomic E-state index is 0.0250. The standard InChI is InChI=1S/C28H29N5O3/c1-18-7-3-4-8-20(18)17-29-28(36)33-25(19-9-5-10-19)16-23(31-33)22-15-21(12-13-26(22)34)30-27(35)24-11-6-14-32(24)2/h3-4,6-8,11-16,19,34H,5,9-10,17H2,1-2H3,(H,29,36)(H,30,35). The largest absolute Gasteiger partial charge is 0.507 e. The number of hydrogen-bond donors (Lipinski definition) is 3. The molecule has 1 aliphatic carbocycles. The van der Waals surface area contributed by atoms with E-state index in [0.29, 0.717) is 29.2 Å². The zero-order valence-corrected chi connectivity index (χ0v) is 20.4. The minimum Gasteiger partial charge on any atom is -0.507 e. The van der Waals surface area contributed by atoms with Crippen LogP contribution in [-0.4, -0.2) is 31.4 Å². The lowest BCUT2D eigenvalue weighted by atomic mass is 9.82. The van der Waals surface area contributed by atoms with Crippen molar-refractivity contribution in [1.82, 2.24) is 19.7 Å². The van der Waals surface area contributed by atoms with Crippen LogP contribution in [0, 0.1) is 6.92 Å². The van der Waals surface area contributed by atoms with Gasteiger partial charge in [0, 0.05) is 37.0 Å². The molecule has 3 N–H and O–H groups in total. The molecule has 0 saturated heterocycles. The van der Waals surface area contributed by atoms with E-state index in [1.807, 2.05) is 37.3 Å². The topological polar surface area (TPSA) is 101 Å². The van der Waals surface area contributed by atoms with E-state index in [0.717, 1.165) is 36.1 Å². The maximum Gasteiger partial charge on any atom is 0.342 e. The number of hydrogen-bond acceptors (Lipinski definition) is 4. The number of carbonyl (C=O) groups excluding carboxylic acids is 2. The van der Waals surface area contributed by atoms with E-state index in [9.17, 15) is 14.7 Å². The first-order chi connectivity index (χ1) is 17.4. The SMILES string of the molecule is Cc1ccccc1CNC(=O)n1nc(-c2cc(NC(=O)c3cccn3C)ccc2O)cc1C1CCC1. The Hall–Kier alpha value is -4.33. The number of aromatic hydroxyl groups is 1. The molecular formula is C28H29N5O3. The smallest absolute Gasteiger partial charge is 0.342 e. The zero-order valence-electron chi connectivity index (χ0n) is 20.4. The number of carbonyl (C=O) groups is 2. The van der Waals surface area contributed by atoms with E-state index < -0.39 is 0 Å². The van der Waals surface area contributed by atoms with Gasteiger partial charge in [-0.1, -0.05) is 30.7 Å². The summed E-state index contributed by atoms with van der Waals surface area (Å²) in [6.07, 6.45) is 4.90. The summed E-state index contributed by atoms with van der Waals surface area (Å²) < 4.78 is 3.16. The van der Waals surface area contributed by atoms with Crippen molar-refractivity contribution in [3.8, 4) is 17.0 Å². The lowest BCUT2D eigenvalue weighted by Gasteiger charge is -2.25. The van der Waals surface area contributed by atoms with E-state index in [4.69, 9.17) is 0 Å². The maximum absolute atomic E-state index is 13.2. The van der Waals surface area contributed by atoms with Gasteiger partial charge in [0.05, 0.1) is 11.4 Å². The molecule has 1 fully saturated rings. The number of nitrogens with one attached hydrogen (secondary N) is 2. The number of nitrogens with zero attached hydrogens (tertiary/aromatic N) is 3. The Bertz CT molecular complexity index is 1430. The number of anilines is 1. The van der Waals surface area contributed by atoms with Crippen LogP contribution in [0.4, 0.5) is 10.5 Å². The highest BCUT2D eigenvalue weighted by molar-refractivity contribution is 6.03. The Kier molecular flexibility index (Phi) is 6.33. The second-order valence-electron chi connectivity index (χ2n) is 9.27. The molecule has 0 aliphatic heterocycles. The second kappa shape index (κ2) is 9.73. The maximum atomic E-state index is 13.2. The van der Waals surface area contributed by atoms with Crippen molar-refractivity contribution in [3.63, 3.8) is 0 Å². The summed E-state index contributed by atoms with van der Waals surface area (Å²) in [5.74, 6) is 0.0187. The monoisotopic (exact) mass is 483 g/mol. The van der Waals surface area contributed by atoms with E-state index in [-0.39, 0.29) is 23.6 Å². The lowest BCUT2D eigenvalue weighted by molar-refractivity contribution is 0.101. The van der Waals surface area contributed by atoms with Gasteiger partial charge in [0.25, 0.3) is 5.91 Å². The van der Waals surface area contributed by atoms with Crippen LogP contribution in [0.15, 0.2) is 66.9 Å². The van der Waals surface area contributed by atoms with Crippen molar-refractivity contribution in [2.75, 3.05) is 5.32 Å². The average molecular weight is 484 g/mol. The van der Waals surface area contributed by atoms with Gasteiger partial charge in [0.15, 0.2) is 0 Å². The summed E-state index contributed by atoms with van der Waals surface area (Å²) >= 11 is 0. The van der Waals surface area contributed by atoms with Gasteiger partial charge in [-0.15, -0.1) is 0 Å². The molecule has 8 heteroatoms. The van der Waals surface area contributed by atoms with Crippen LogP contribution in [0.25, 0.3) is 11.3 Å². The summed E-state index contributed by atoms with van der Waals surface area (Å²) in [6.45, 7) is 2.41. The third-order valence-corrected chi connectivity index (χ3v) is 6.85. The normalized spacial score (nSPS) is 13.3. The Morgan fingerprint density at radius 3 is 2.58 bits per heavy atom. The predicted octanol–water partition coefficient (Wildman–Crippen LogP) is 5.18. The predicted molar refractivity (Wildman–Crippen MR) is 138 cm³/mol. The number of amides is 2. The number of benzene rings is 2. The van der Waals surface area contributed by atoms with E-state index >= 15 is 0 Å². The Morgan fingerprint density at radius 1 is 1.08 bits per heavy atom. The van der Waals surface area contributed by atoms with E-state index in [1.165, 1.54) is 10.7 Å². The van der Waals surface area contributed by atoms with Gasteiger partial charge < -0.3 is 20.3 Å². The molecule has 0 spiro atoms. The van der Waals surface area contributed by atoms with Crippen LogP contribution < -0.4 is 10.6 Å². The van der Waals surface area contributed by atoms with Gasteiger partial charge in [-0.05, 0) is 67.3 Å². The third kappa shape index (κ3) is 4.62. The van der Waals surface area contributed by atoms with Gasteiger partial charge >= 0.3 is 6.03 Å². The van der Waals surface area contributed by atoms with Crippen molar-refractivity contribution >= 4 is 17.6 Å². The molecule has 4 aromatic rings. The number of phenols is 1. The fourth-order valence-electron chi connectivity index (χ4n) is 4.45. The van der Waals surface area contributed by atoms with Crippen LogP contribution in [0.2, 0.25) is 0 Å². The average Bonchev–Trinajstić information content (AvgIpc) is 3.45. The molecule has 0 radical (unpaired) electrons. The molecule has 0 bridgehead atoms. The fraction of sp³-hybridized carbons (Fsp3) is 0.250. The zero-order chi connectivity index (χ0) is 25.2. The van der Waals surface area contributed by atoms with Crippen molar-refractivity contribution in [2.45, 2.75) is 38.6 Å². The quantitative estimate of drug-likeness (QED) is 0.329. The Labute approximate surface area is 209 Å². The Balaban J connectivity index is 1.42. The molecule has 0 unspecified atom stereocenters. The van der Waals surface area contributed by atoms with Crippen LogP contribution >= 0.6 is 0 Å². The van der Waals surface area contributed by atoms with Gasteiger partial charge in [-0.3, -0.25) is 4.79 Å². The number of phenolic OH excluding ortho intramolecular Hbond substituents is 1. The van der Waals surface area contributed by atoms with Gasteiger partial charge in [-0.2, -0.15) is 9.78 Å². The molecule has 5 rings (SSSR count). The summed E-state index contributed by atoms with van der Waals surface area (Å²) in [4.78, 5) is 25.8. The molecule has 1 aliphatic rings. The molecule has 2 heterocycles. The minimum atomic E-state index is -0.306. The molecule has 0 atom stereocenters. The molecule has 2 aromatic carbocycles. The first-order valence-corrected chi connectivity index (χ1v) is 12.1.